The fourth-order valence-corrected chi connectivity index (χ4v) is 4.18. The summed E-state index contributed by atoms with van der Waals surface area (Å²) in [4.78, 5) is -0.291. The molecule has 2 heterocycles. The van der Waals surface area contributed by atoms with Crippen LogP contribution in [0.2, 0.25) is 0 Å². The maximum atomic E-state index is 12.7. The van der Waals surface area contributed by atoms with Crippen LogP contribution in [-0.4, -0.2) is 30.3 Å². The van der Waals surface area contributed by atoms with Crippen molar-refractivity contribution in [3.63, 3.8) is 0 Å². The van der Waals surface area contributed by atoms with Crippen LogP contribution in [0.1, 0.15) is 36.9 Å². The van der Waals surface area contributed by atoms with Gasteiger partial charge in [0.15, 0.2) is 27.9 Å². The van der Waals surface area contributed by atoms with Gasteiger partial charge in [-0.2, -0.15) is 17.9 Å². The van der Waals surface area contributed by atoms with Crippen molar-refractivity contribution in [2.75, 3.05) is 5.75 Å². The number of allylic oxidation sites excluding steroid dienone is 1. The Morgan fingerprint density at radius 2 is 2.07 bits per heavy atom. The van der Waals surface area contributed by atoms with Crippen molar-refractivity contribution in [1.82, 2.24) is 4.73 Å². The first-order valence-electron chi connectivity index (χ1n) is 8.62. The minimum atomic E-state index is -4.80. The molecule has 0 aromatic carbocycles. The Kier molecular flexibility index (Phi) is 5.33. The Bertz CT molecular complexity index is 1110. The summed E-state index contributed by atoms with van der Waals surface area (Å²) in [7, 11) is -2.60. The predicted molar refractivity (Wildman–Crippen MR) is 96.8 cm³/mol. The highest BCUT2D eigenvalue weighted by Gasteiger charge is 2.39. The molecular formula is C17H18ClF3N3O4S+. The minimum absolute atomic E-state index is 0.0915. The van der Waals surface area contributed by atoms with Gasteiger partial charge in [-0.25, -0.2) is 13.0 Å². The van der Waals surface area contributed by atoms with E-state index in [0.717, 1.165) is 23.6 Å². The molecule has 0 saturated heterocycles. The zero-order valence-electron chi connectivity index (χ0n) is 15.4. The van der Waals surface area contributed by atoms with Gasteiger partial charge in [0.25, 0.3) is 0 Å². The van der Waals surface area contributed by atoms with Crippen LogP contribution in [0, 0.1) is 5.21 Å². The van der Waals surface area contributed by atoms with Gasteiger partial charge in [0.1, 0.15) is 9.93 Å². The van der Waals surface area contributed by atoms with Crippen molar-refractivity contribution in [2.24, 2.45) is 7.05 Å². The molecule has 1 aliphatic rings. The molecule has 1 aliphatic carbocycles. The molecule has 0 unspecified atom stereocenters. The van der Waals surface area contributed by atoms with E-state index < -0.39 is 21.0 Å². The van der Waals surface area contributed by atoms with E-state index in [1.54, 1.807) is 0 Å². The van der Waals surface area contributed by atoms with Gasteiger partial charge < -0.3 is 10.4 Å². The normalized spacial score (nSPS) is 15.7. The molecule has 1 fully saturated rings. The Labute approximate surface area is 169 Å². The van der Waals surface area contributed by atoms with E-state index in [1.807, 2.05) is 0 Å². The fraction of sp³-hybridized carbons (Fsp3) is 0.412. The highest BCUT2D eigenvalue weighted by molar-refractivity contribution is 7.91. The first-order valence-corrected chi connectivity index (χ1v) is 10.6. The molecule has 158 valence electrons. The average molecular weight is 453 g/mol. The van der Waals surface area contributed by atoms with E-state index >= 15 is 0 Å². The van der Waals surface area contributed by atoms with Crippen LogP contribution in [-0.2, 0) is 16.9 Å². The number of hydrogen-bond acceptors (Lipinski definition) is 4. The molecule has 0 amide bonds. The van der Waals surface area contributed by atoms with E-state index in [0.29, 0.717) is 21.1 Å². The highest BCUT2D eigenvalue weighted by atomic mass is 35.5. The summed E-state index contributed by atoms with van der Waals surface area (Å²) in [5.74, 6) is -0.502. The first kappa shape index (κ1) is 21.4. The number of nitrogens with zero attached hydrogens (tertiary/aromatic N) is 3. The van der Waals surface area contributed by atoms with Crippen LogP contribution in [0.5, 0.6) is 0 Å². The van der Waals surface area contributed by atoms with Crippen LogP contribution in [0.3, 0.4) is 0 Å². The molecule has 0 bridgehead atoms. The van der Waals surface area contributed by atoms with Crippen molar-refractivity contribution in [3.8, 4) is 11.5 Å². The zero-order valence-corrected chi connectivity index (χ0v) is 17.0. The number of hydrogen-bond donors (Lipinski definition) is 1. The highest BCUT2D eigenvalue weighted by Crippen LogP contribution is 2.41. The van der Waals surface area contributed by atoms with Crippen LogP contribution >= 0.6 is 11.6 Å². The Balaban J connectivity index is 2.27. The third-order valence-corrected chi connectivity index (χ3v) is 6.78. The summed E-state index contributed by atoms with van der Waals surface area (Å²) in [5.41, 5.74) is -0.00492. The average Bonchev–Trinajstić information content (AvgIpc) is 3.42. The maximum absolute atomic E-state index is 12.7. The summed E-state index contributed by atoms with van der Waals surface area (Å²) in [6.45, 7) is 1.41. The zero-order chi connectivity index (χ0) is 21.7. The summed E-state index contributed by atoms with van der Waals surface area (Å²) in [5, 5.41) is 21.6. The molecular weight excluding hydrogens is 435 g/mol. The van der Waals surface area contributed by atoms with Gasteiger partial charge >= 0.3 is 17.7 Å². The predicted octanol–water partition coefficient (Wildman–Crippen LogP) is 2.66. The van der Waals surface area contributed by atoms with E-state index in [2.05, 4.69) is 0 Å². The lowest BCUT2D eigenvalue weighted by Gasteiger charge is -2.10. The molecule has 1 saturated carbocycles. The van der Waals surface area contributed by atoms with Crippen molar-refractivity contribution >= 4 is 27.5 Å². The molecule has 3 rings (SSSR count). The second-order valence-corrected chi connectivity index (χ2v) is 9.41. The van der Waals surface area contributed by atoms with E-state index in [-0.39, 0.29) is 33.8 Å². The van der Waals surface area contributed by atoms with Gasteiger partial charge in [0, 0.05) is 11.6 Å². The number of pyridine rings is 1. The van der Waals surface area contributed by atoms with Crippen LogP contribution in [0.4, 0.5) is 13.2 Å². The molecule has 1 N–H and O–H groups in total. The molecule has 2 aromatic heterocycles. The summed E-state index contributed by atoms with van der Waals surface area (Å²) < 4.78 is 65.3. The van der Waals surface area contributed by atoms with Gasteiger partial charge in [-0.1, -0.05) is 18.5 Å². The topological polar surface area (TPSA) is 90.1 Å². The monoisotopic (exact) mass is 452 g/mol. The van der Waals surface area contributed by atoms with E-state index in [4.69, 9.17) is 11.6 Å². The fourth-order valence-electron chi connectivity index (χ4n) is 2.97. The quantitative estimate of drug-likeness (QED) is 0.429. The summed E-state index contributed by atoms with van der Waals surface area (Å²) >= 11 is 5.26. The van der Waals surface area contributed by atoms with Gasteiger partial charge in [0.05, 0.1) is 12.8 Å². The smallest absolute Gasteiger partial charge is 0.427 e. The van der Waals surface area contributed by atoms with Crippen molar-refractivity contribution in [1.29, 1.82) is 0 Å². The lowest BCUT2D eigenvalue weighted by molar-refractivity contribution is -0.674. The van der Waals surface area contributed by atoms with Gasteiger partial charge in [-0.05, 0) is 29.6 Å². The van der Waals surface area contributed by atoms with Crippen LogP contribution < -0.4 is 9.30 Å². The Morgan fingerprint density at radius 1 is 1.45 bits per heavy atom. The number of rotatable bonds is 5. The lowest BCUT2D eigenvalue weighted by Crippen LogP contribution is -2.40. The third kappa shape index (κ3) is 4.06. The SMILES string of the molecule is CCS(=O)(=O)c1cc(C2CC2)c[n+]([O-])c1-c1n(O)cc(/C=C(/Cl)C(F)(F)F)[n+]1C. The Morgan fingerprint density at radius 3 is 2.59 bits per heavy atom. The number of imidazole rings is 1. The molecule has 0 radical (unpaired) electrons. The molecule has 12 heteroatoms. The van der Waals surface area contributed by atoms with Crippen LogP contribution in [0.15, 0.2) is 28.4 Å². The van der Waals surface area contributed by atoms with Gasteiger partial charge in [-0.3, -0.25) is 0 Å². The lowest BCUT2D eigenvalue weighted by atomic mass is 10.1. The van der Waals surface area contributed by atoms with Gasteiger partial charge in [0.2, 0.25) is 0 Å². The van der Waals surface area contributed by atoms with Gasteiger partial charge in [-0.15, -0.1) is 0 Å². The second kappa shape index (κ2) is 7.21. The molecule has 0 aliphatic heterocycles. The van der Waals surface area contributed by atoms with Crippen molar-refractivity contribution in [3.05, 3.63) is 40.0 Å². The second-order valence-electron chi connectivity index (χ2n) is 6.76. The van der Waals surface area contributed by atoms with Crippen LogP contribution in [0.25, 0.3) is 17.6 Å². The number of aromatic nitrogens is 3. The summed E-state index contributed by atoms with van der Waals surface area (Å²) in [6.07, 6.45) is -0.430. The van der Waals surface area contributed by atoms with Crippen molar-refractivity contribution < 1.29 is 36.1 Å². The molecule has 0 atom stereocenters. The number of sulfone groups is 1. The summed E-state index contributed by atoms with van der Waals surface area (Å²) in [6, 6.07) is 1.39. The van der Waals surface area contributed by atoms with E-state index in [9.17, 15) is 32.0 Å². The molecule has 2 aromatic rings. The molecule has 29 heavy (non-hydrogen) atoms. The number of halogens is 4. The maximum Gasteiger partial charge on any atom is 0.427 e. The molecule has 7 nitrogen and oxygen atoms in total. The third-order valence-electron chi connectivity index (χ3n) is 4.72. The largest absolute Gasteiger partial charge is 0.618 e. The van der Waals surface area contributed by atoms with Crippen molar-refractivity contribution in [2.45, 2.75) is 36.8 Å². The minimum Gasteiger partial charge on any atom is -0.618 e. The number of alkyl halides is 3. The van der Waals surface area contributed by atoms with E-state index in [1.165, 1.54) is 26.2 Å². The molecule has 0 spiro atoms. The Hall–Kier alpha value is -2.27. The standard InChI is InChI=1S/C17H18ClF3N3O4S/c1-3-29(27,28)13-6-11(10-4-5-10)8-23(25)15(13)16-22(2)12(9-24(16)26)7-14(18)17(19,20)21/h6-10,26H,3-5H2,1-2H3/q+1/b14-7+. The first-order chi connectivity index (χ1) is 13.4.